The number of nitrogens with zero attached hydrogens (tertiary/aromatic N) is 3. The van der Waals surface area contributed by atoms with E-state index in [4.69, 9.17) is 5.73 Å². The SMILES string of the molecule is Cc1c(NC(=O)c2cc(C(N)=O)nc3cc(F)ccc23)nbn1Cc1ccc(C(F)(F)F)cc1. The average molecular weight is 469 g/mol. The fourth-order valence-electron chi connectivity index (χ4n) is 3.41. The van der Waals surface area contributed by atoms with Crippen molar-refractivity contribution >= 4 is 35.7 Å². The Morgan fingerprint density at radius 2 is 1.82 bits per heavy atom. The van der Waals surface area contributed by atoms with Crippen LogP contribution in [0.3, 0.4) is 0 Å². The molecule has 0 fully saturated rings. The van der Waals surface area contributed by atoms with Crippen LogP contribution in [0.5, 0.6) is 0 Å². The zero-order valence-electron chi connectivity index (χ0n) is 17.7. The quantitative estimate of drug-likeness (QED) is 0.436. The molecule has 0 aliphatic heterocycles. The number of hydrogen-bond donors (Lipinski definition) is 2. The summed E-state index contributed by atoms with van der Waals surface area (Å²) >= 11 is 0. The Bertz CT molecular complexity index is 1420. The average Bonchev–Trinajstić information content (AvgIpc) is 3.11. The molecule has 2 amide bonds. The van der Waals surface area contributed by atoms with Crippen LogP contribution in [0.4, 0.5) is 23.4 Å². The molecule has 2 heterocycles. The molecule has 0 atom stereocenters. The number of primary amides is 1. The molecule has 7 nitrogen and oxygen atoms in total. The number of alkyl halides is 3. The second-order valence-corrected chi connectivity index (χ2v) is 7.54. The van der Waals surface area contributed by atoms with Crippen LogP contribution in [0, 0.1) is 12.7 Å². The monoisotopic (exact) mass is 469 g/mol. The van der Waals surface area contributed by atoms with Gasteiger partial charge in [-0.25, -0.2) is 0 Å². The zero-order valence-corrected chi connectivity index (χ0v) is 17.7. The molecular weight excluding hydrogens is 453 g/mol. The summed E-state index contributed by atoms with van der Waals surface area (Å²) in [6.07, 6.45) is -4.42. The van der Waals surface area contributed by atoms with Crippen LogP contribution in [-0.2, 0) is 12.7 Å². The third-order valence-electron chi connectivity index (χ3n) is 5.23. The maximum atomic E-state index is 13.6. The van der Waals surface area contributed by atoms with Crippen LogP contribution in [-0.4, -0.2) is 33.4 Å². The van der Waals surface area contributed by atoms with E-state index in [1.54, 1.807) is 11.4 Å². The van der Waals surface area contributed by atoms with Crippen molar-refractivity contribution in [1.82, 2.24) is 14.3 Å². The second-order valence-electron chi connectivity index (χ2n) is 7.54. The topological polar surface area (TPSA) is 103 Å². The van der Waals surface area contributed by atoms with Crippen molar-refractivity contribution < 1.29 is 27.2 Å². The first-order valence-corrected chi connectivity index (χ1v) is 9.92. The van der Waals surface area contributed by atoms with Crippen LogP contribution in [0.15, 0.2) is 48.5 Å². The molecule has 0 bridgehead atoms. The molecule has 0 spiro atoms. The second kappa shape index (κ2) is 8.69. The van der Waals surface area contributed by atoms with E-state index in [0.29, 0.717) is 16.6 Å². The summed E-state index contributed by atoms with van der Waals surface area (Å²) in [5.41, 5.74) is 5.65. The molecule has 4 aromatic rings. The number of nitrogens with two attached hydrogens (primary N) is 1. The van der Waals surface area contributed by atoms with Gasteiger partial charge in [-0.2, -0.15) is 0 Å². The first-order chi connectivity index (χ1) is 16.0. The van der Waals surface area contributed by atoms with E-state index in [1.165, 1.54) is 31.5 Å². The Morgan fingerprint density at radius 1 is 1.12 bits per heavy atom. The van der Waals surface area contributed by atoms with Gasteiger partial charge in [-0.05, 0) is 0 Å². The molecule has 0 radical (unpaired) electrons. The summed E-state index contributed by atoms with van der Waals surface area (Å²) in [6.45, 7) is 1.91. The molecule has 0 unspecified atom stereocenters. The number of carbonyl (C=O) groups is 2. The zero-order chi connectivity index (χ0) is 24.6. The minimum absolute atomic E-state index is 0.0514. The van der Waals surface area contributed by atoms with Crippen molar-refractivity contribution in [3.05, 3.63) is 82.4 Å². The predicted octanol–water partition coefficient (Wildman–Crippen LogP) is 3.64. The number of anilines is 1. The van der Waals surface area contributed by atoms with Crippen LogP contribution < -0.4 is 11.1 Å². The van der Waals surface area contributed by atoms with E-state index in [2.05, 4.69) is 15.2 Å². The third kappa shape index (κ3) is 4.65. The Kier molecular flexibility index (Phi) is 5.90. The van der Waals surface area contributed by atoms with E-state index in [1.807, 2.05) is 0 Å². The van der Waals surface area contributed by atoms with Crippen molar-refractivity contribution in [2.24, 2.45) is 5.73 Å². The van der Waals surface area contributed by atoms with Crippen molar-refractivity contribution in [2.45, 2.75) is 19.6 Å². The standard InChI is InChI=1S/C22H16BF4N5O2/c1-11-20(31-23-32(11)10-12-2-4-13(5-3-12)22(25,26)27)30-21(34)16-9-18(19(28)33)29-17-8-14(24)6-7-15(16)17/h2-9H,10H2,1H3,(H2,28,33)(H,30,34). The van der Waals surface area contributed by atoms with E-state index < -0.39 is 29.4 Å². The summed E-state index contributed by atoms with van der Waals surface area (Å²) in [7, 11) is 1.44. The van der Waals surface area contributed by atoms with Crippen LogP contribution in [0.25, 0.3) is 10.9 Å². The minimum atomic E-state index is -4.42. The Labute approximate surface area is 190 Å². The summed E-state index contributed by atoms with van der Waals surface area (Å²) in [5, 5.41) is 2.95. The first-order valence-electron chi connectivity index (χ1n) is 9.92. The fraction of sp³-hybridized carbons (Fsp3) is 0.136. The van der Waals surface area contributed by atoms with Gasteiger partial charge in [0.25, 0.3) is 0 Å². The van der Waals surface area contributed by atoms with Gasteiger partial charge < -0.3 is 0 Å². The van der Waals surface area contributed by atoms with Crippen LogP contribution >= 0.6 is 0 Å². The van der Waals surface area contributed by atoms with Gasteiger partial charge in [0.1, 0.15) is 0 Å². The van der Waals surface area contributed by atoms with E-state index in [0.717, 1.165) is 24.3 Å². The van der Waals surface area contributed by atoms with Gasteiger partial charge in [0.2, 0.25) is 0 Å². The molecule has 0 aliphatic carbocycles. The van der Waals surface area contributed by atoms with Gasteiger partial charge in [0, 0.05) is 0 Å². The van der Waals surface area contributed by atoms with Gasteiger partial charge >= 0.3 is 190 Å². The summed E-state index contributed by atoms with van der Waals surface area (Å²) < 4.78 is 53.6. The molecule has 172 valence electrons. The first kappa shape index (κ1) is 23.1. The number of halogens is 4. The van der Waals surface area contributed by atoms with E-state index in [9.17, 15) is 27.2 Å². The number of nitrogens with one attached hydrogen (secondary N) is 1. The fourth-order valence-corrected chi connectivity index (χ4v) is 3.41. The number of hydrogen-bond acceptors (Lipinski definition) is 4. The van der Waals surface area contributed by atoms with Gasteiger partial charge in [0.05, 0.1) is 0 Å². The van der Waals surface area contributed by atoms with Gasteiger partial charge in [-0.15, -0.1) is 0 Å². The summed E-state index contributed by atoms with van der Waals surface area (Å²) in [4.78, 5) is 32.8. The van der Waals surface area contributed by atoms with Crippen molar-refractivity contribution in [3.63, 3.8) is 0 Å². The Hall–Kier alpha value is -4.09. The van der Waals surface area contributed by atoms with Gasteiger partial charge in [-0.1, -0.05) is 0 Å². The van der Waals surface area contributed by atoms with Crippen LogP contribution in [0.2, 0.25) is 0 Å². The maximum absolute atomic E-state index is 13.6. The number of fused-ring (bicyclic) bond motifs is 1. The normalized spacial score (nSPS) is 11.4. The number of benzene rings is 2. The van der Waals surface area contributed by atoms with Gasteiger partial charge in [0.15, 0.2) is 0 Å². The number of amides is 2. The Balaban J connectivity index is 1.59. The number of pyridine rings is 1. The predicted molar refractivity (Wildman–Crippen MR) is 117 cm³/mol. The molecule has 34 heavy (non-hydrogen) atoms. The number of rotatable bonds is 5. The molecule has 2 aromatic heterocycles. The molecule has 4 rings (SSSR count). The molecule has 3 N–H and O–H groups in total. The molecule has 0 aliphatic rings. The molecular formula is C22H16BF4N5O2. The summed E-state index contributed by atoms with van der Waals surface area (Å²) in [5.74, 6) is -1.88. The number of carbonyl (C=O) groups excluding carboxylic acids is 2. The van der Waals surface area contributed by atoms with E-state index >= 15 is 0 Å². The van der Waals surface area contributed by atoms with Crippen molar-refractivity contribution in [2.75, 3.05) is 5.32 Å². The van der Waals surface area contributed by atoms with E-state index in [-0.39, 0.29) is 29.1 Å². The number of aromatic nitrogens is 3. The van der Waals surface area contributed by atoms with Gasteiger partial charge in [-0.3, -0.25) is 0 Å². The molecule has 0 saturated heterocycles. The van der Waals surface area contributed by atoms with Crippen molar-refractivity contribution in [1.29, 1.82) is 0 Å². The molecule has 12 heteroatoms. The summed E-state index contributed by atoms with van der Waals surface area (Å²) in [6, 6.07) is 9.56. The van der Waals surface area contributed by atoms with Crippen LogP contribution in [0.1, 0.15) is 37.7 Å². The third-order valence-corrected chi connectivity index (χ3v) is 5.23. The Morgan fingerprint density at radius 3 is 2.47 bits per heavy atom. The van der Waals surface area contributed by atoms with Crippen molar-refractivity contribution in [3.8, 4) is 0 Å². The molecule has 2 aromatic carbocycles. The molecule has 0 saturated carbocycles.